The van der Waals surface area contributed by atoms with Crippen molar-refractivity contribution in [3.63, 3.8) is 0 Å². The summed E-state index contributed by atoms with van der Waals surface area (Å²) in [6.07, 6.45) is 3.97. The highest BCUT2D eigenvalue weighted by Crippen LogP contribution is 2.12. The van der Waals surface area contributed by atoms with Gasteiger partial charge in [0.15, 0.2) is 5.96 Å². The number of aromatic nitrogens is 2. The Hall–Kier alpha value is -3.20. The van der Waals surface area contributed by atoms with Gasteiger partial charge >= 0.3 is 5.97 Å². The van der Waals surface area contributed by atoms with E-state index >= 15 is 0 Å². The number of benzene rings is 1. The van der Waals surface area contributed by atoms with Gasteiger partial charge in [-0.1, -0.05) is 18.2 Å². The maximum atomic E-state index is 12.4. The van der Waals surface area contributed by atoms with Crippen molar-refractivity contribution in [1.82, 2.24) is 20.6 Å². The highest BCUT2D eigenvalue weighted by atomic mass is 16.5. The van der Waals surface area contributed by atoms with Crippen molar-refractivity contribution in [3.05, 3.63) is 46.0 Å². The maximum absolute atomic E-state index is 12.4. The van der Waals surface area contributed by atoms with Gasteiger partial charge in [-0.05, 0) is 17.7 Å². The highest BCUT2D eigenvalue weighted by Gasteiger charge is 2.16. The van der Waals surface area contributed by atoms with Gasteiger partial charge in [0.1, 0.15) is 11.9 Å². The molecule has 1 atom stereocenters. The van der Waals surface area contributed by atoms with Gasteiger partial charge in [0.2, 0.25) is 0 Å². The second kappa shape index (κ2) is 8.45. The molecule has 1 aromatic heterocycles. The van der Waals surface area contributed by atoms with E-state index in [9.17, 15) is 9.59 Å². The Bertz CT molecular complexity index is 950. The molecule has 1 aromatic carbocycles. The number of carbonyl (C=O) groups is 1. The van der Waals surface area contributed by atoms with Crippen molar-refractivity contribution in [2.45, 2.75) is 12.5 Å². The monoisotopic (exact) mass is 370 g/mol. The van der Waals surface area contributed by atoms with Crippen molar-refractivity contribution in [2.24, 2.45) is 10.7 Å². The van der Waals surface area contributed by atoms with Crippen LogP contribution in [0.3, 0.4) is 0 Å². The van der Waals surface area contributed by atoms with E-state index in [4.69, 9.17) is 5.73 Å². The molecule has 1 aliphatic heterocycles. The van der Waals surface area contributed by atoms with E-state index < -0.39 is 12.0 Å². The van der Waals surface area contributed by atoms with E-state index in [0.717, 1.165) is 24.6 Å². The number of nitrogens with one attached hydrogen (secondary N) is 3. The number of aromatic amines is 1. The molecule has 9 heteroatoms. The summed E-state index contributed by atoms with van der Waals surface area (Å²) in [4.78, 5) is 35.1. The lowest BCUT2D eigenvalue weighted by Crippen LogP contribution is -2.34. The van der Waals surface area contributed by atoms with Gasteiger partial charge < -0.3 is 26.1 Å². The third kappa shape index (κ3) is 4.70. The Balaban J connectivity index is 1.71. The molecule has 1 aliphatic rings. The zero-order valence-corrected chi connectivity index (χ0v) is 15.0. The molecule has 0 fully saturated rings. The number of rotatable bonds is 6. The van der Waals surface area contributed by atoms with Crippen LogP contribution in [0, 0.1) is 0 Å². The van der Waals surface area contributed by atoms with Gasteiger partial charge in [-0.15, -0.1) is 0 Å². The van der Waals surface area contributed by atoms with Crippen molar-refractivity contribution in [1.29, 1.82) is 0 Å². The fourth-order valence-corrected chi connectivity index (χ4v) is 2.72. The molecule has 0 unspecified atom stereocenters. The summed E-state index contributed by atoms with van der Waals surface area (Å²) in [7, 11) is 1.26. The molecular weight excluding hydrogens is 348 g/mol. The Morgan fingerprint density at radius 2 is 2.33 bits per heavy atom. The molecule has 3 rings (SSSR count). The van der Waals surface area contributed by atoms with E-state index in [1.165, 1.54) is 7.11 Å². The molecule has 0 bridgehead atoms. The number of esters is 1. The van der Waals surface area contributed by atoms with Crippen LogP contribution in [0.15, 0.2) is 34.1 Å². The van der Waals surface area contributed by atoms with Gasteiger partial charge in [-0.25, -0.2) is 4.98 Å². The largest absolute Gasteiger partial charge is 0.468 e. The second-order valence-corrected chi connectivity index (χ2v) is 6.06. The van der Waals surface area contributed by atoms with Crippen LogP contribution >= 0.6 is 0 Å². The number of methoxy groups -OCH3 is 1. The second-order valence-electron chi connectivity index (χ2n) is 6.06. The van der Waals surface area contributed by atoms with Crippen LogP contribution in [0.2, 0.25) is 0 Å². The summed E-state index contributed by atoms with van der Waals surface area (Å²) in [5, 5.41) is 6.77. The first-order chi connectivity index (χ1) is 13.1. The third-order valence-corrected chi connectivity index (χ3v) is 4.07. The normalized spacial score (nSPS) is 14.8. The van der Waals surface area contributed by atoms with Gasteiger partial charge in [0.05, 0.1) is 24.6 Å². The van der Waals surface area contributed by atoms with Crippen LogP contribution < -0.4 is 21.9 Å². The first kappa shape index (κ1) is 18.6. The van der Waals surface area contributed by atoms with E-state index in [1.807, 2.05) is 18.2 Å². The number of hydrogen-bond donors (Lipinski definition) is 4. The SMILES string of the molecule is COC(=O)[C@@H](N)Cc1nc2ccc(/C=C/CNC3=NCCN3)cc2c(=O)[nH]1. The number of ether oxygens (including phenoxy) is 1. The number of guanidine groups is 1. The molecule has 9 nitrogen and oxygen atoms in total. The molecule has 0 spiro atoms. The summed E-state index contributed by atoms with van der Waals surface area (Å²) in [6.45, 7) is 2.28. The molecule has 0 radical (unpaired) electrons. The average Bonchev–Trinajstić information content (AvgIpc) is 3.18. The lowest BCUT2D eigenvalue weighted by Gasteiger charge is -2.09. The smallest absolute Gasteiger partial charge is 0.323 e. The number of aliphatic imine (C=N–C) groups is 1. The van der Waals surface area contributed by atoms with E-state index in [-0.39, 0.29) is 12.0 Å². The zero-order valence-electron chi connectivity index (χ0n) is 15.0. The van der Waals surface area contributed by atoms with E-state index in [2.05, 4.69) is 30.3 Å². The quantitative estimate of drug-likeness (QED) is 0.505. The standard InChI is InChI=1S/C18H22N6O3/c1-27-17(26)13(19)10-15-23-14-5-4-11(9-12(14)16(25)24-15)3-2-6-20-18-21-7-8-22-18/h2-5,9,13H,6-8,10,19H2,1H3,(H2,20,21,22)(H,23,24,25)/b3-2+/t13-/m0/s1. The van der Waals surface area contributed by atoms with Gasteiger partial charge in [-0.3, -0.25) is 14.6 Å². The number of carbonyl (C=O) groups excluding carboxylic acids is 1. The molecule has 2 heterocycles. The number of fused-ring (bicyclic) bond motifs is 1. The summed E-state index contributed by atoms with van der Waals surface area (Å²) in [6, 6.07) is 4.55. The van der Waals surface area contributed by atoms with E-state index in [1.54, 1.807) is 12.1 Å². The average molecular weight is 370 g/mol. The summed E-state index contributed by atoms with van der Waals surface area (Å²) >= 11 is 0. The van der Waals surface area contributed by atoms with Crippen LogP contribution in [0.5, 0.6) is 0 Å². The summed E-state index contributed by atoms with van der Waals surface area (Å²) < 4.78 is 4.59. The van der Waals surface area contributed by atoms with Crippen molar-refractivity contribution in [2.75, 3.05) is 26.7 Å². The molecular formula is C18H22N6O3. The number of nitrogens with zero attached hydrogens (tertiary/aromatic N) is 2. The molecule has 142 valence electrons. The Kier molecular flexibility index (Phi) is 5.82. The van der Waals surface area contributed by atoms with Crippen molar-refractivity contribution < 1.29 is 9.53 Å². The van der Waals surface area contributed by atoms with Crippen LogP contribution in [0.4, 0.5) is 0 Å². The molecule has 5 N–H and O–H groups in total. The van der Waals surface area contributed by atoms with E-state index in [0.29, 0.717) is 23.3 Å². The van der Waals surface area contributed by atoms with Gasteiger partial charge in [0.25, 0.3) is 5.56 Å². The Morgan fingerprint density at radius 3 is 3.07 bits per heavy atom. The first-order valence-corrected chi connectivity index (χ1v) is 8.62. The number of nitrogens with two attached hydrogens (primary N) is 1. The maximum Gasteiger partial charge on any atom is 0.323 e. The fraction of sp³-hybridized carbons (Fsp3) is 0.333. The minimum absolute atomic E-state index is 0.100. The van der Waals surface area contributed by atoms with Crippen molar-refractivity contribution in [3.8, 4) is 0 Å². The molecule has 27 heavy (non-hydrogen) atoms. The van der Waals surface area contributed by atoms with Crippen LogP contribution in [0.25, 0.3) is 17.0 Å². The first-order valence-electron chi connectivity index (χ1n) is 8.62. The molecule has 0 amide bonds. The third-order valence-electron chi connectivity index (χ3n) is 4.07. The summed E-state index contributed by atoms with van der Waals surface area (Å²) in [5.74, 6) is 0.602. The molecule has 0 saturated heterocycles. The predicted molar refractivity (Wildman–Crippen MR) is 103 cm³/mol. The van der Waals surface area contributed by atoms with Crippen molar-refractivity contribution >= 4 is 28.9 Å². The molecule has 2 aromatic rings. The van der Waals surface area contributed by atoms with Gasteiger partial charge in [-0.2, -0.15) is 0 Å². The van der Waals surface area contributed by atoms with Gasteiger partial charge in [0, 0.05) is 19.5 Å². The predicted octanol–water partition coefficient (Wildman–Crippen LogP) is -0.472. The van der Waals surface area contributed by atoms with Crippen LogP contribution in [0.1, 0.15) is 11.4 Å². The Labute approximate surface area is 155 Å². The zero-order chi connectivity index (χ0) is 19.2. The minimum Gasteiger partial charge on any atom is -0.468 e. The lowest BCUT2D eigenvalue weighted by molar-refractivity contribution is -0.142. The highest BCUT2D eigenvalue weighted by molar-refractivity contribution is 5.82. The minimum atomic E-state index is -0.871. The number of hydrogen-bond acceptors (Lipinski definition) is 8. The van der Waals surface area contributed by atoms with Crippen LogP contribution in [-0.4, -0.2) is 54.7 Å². The van der Waals surface area contributed by atoms with Crippen LogP contribution in [-0.2, 0) is 16.0 Å². The fourth-order valence-electron chi connectivity index (χ4n) is 2.72. The lowest BCUT2D eigenvalue weighted by atomic mass is 10.1. The Morgan fingerprint density at radius 1 is 1.48 bits per heavy atom. The summed E-state index contributed by atoms with van der Waals surface area (Å²) in [5.41, 5.74) is 6.89. The molecule has 0 saturated carbocycles. The number of H-pyrrole nitrogens is 1. The molecule has 0 aliphatic carbocycles. The topological polar surface area (TPSA) is 134 Å².